The van der Waals surface area contributed by atoms with Crippen LogP contribution in [0.1, 0.15) is 32.6 Å². The predicted molar refractivity (Wildman–Crippen MR) is 77.4 cm³/mol. The van der Waals surface area contributed by atoms with Gasteiger partial charge in [-0.3, -0.25) is 0 Å². The summed E-state index contributed by atoms with van der Waals surface area (Å²) in [6, 6.07) is 5.10. The average Bonchev–Trinajstić information content (AvgIpc) is 2.82. The third-order valence-corrected chi connectivity index (χ3v) is 4.86. The third-order valence-electron chi connectivity index (χ3n) is 4.56. The summed E-state index contributed by atoms with van der Waals surface area (Å²) in [4.78, 5) is 2.34. The summed E-state index contributed by atoms with van der Waals surface area (Å²) < 4.78 is 13.2. The third kappa shape index (κ3) is 2.46. The van der Waals surface area contributed by atoms with Crippen molar-refractivity contribution in [2.75, 3.05) is 18.0 Å². The molecule has 1 atom stereocenters. The molecule has 1 heterocycles. The number of halogens is 2. The first-order valence-corrected chi connectivity index (χ1v) is 7.44. The zero-order valence-corrected chi connectivity index (χ0v) is 12.0. The number of benzene rings is 1. The predicted octanol–water partition coefficient (Wildman–Crippen LogP) is 3.59. The van der Waals surface area contributed by atoms with Gasteiger partial charge in [-0.1, -0.05) is 24.4 Å². The van der Waals surface area contributed by atoms with Gasteiger partial charge < -0.3 is 10.2 Å². The number of hydrogen-bond acceptors (Lipinski definition) is 2. The Morgan fingerprint density at radius 1 is 1.37 bits per heavy atom. The van der Waals surface area contributed by atoms with Crippen LogP contribution in [0.4, 0.5) is 10.1 Å². The van der Waals surface area contributed by atoms with Crippen LogP contribution in [0.25, 0.3) is 0 Å². The molecule has 0 radical (unpaired) electrons. The SMILES string of the molecule is CC1CNC2(CCCC2)CN1c1ccc(F)cc1Cl. The highest BCUT2D eigenvalue weighted by Gasteiger charge is 2.40. The highest BCUT2D eigenvalue weighted by atomic mass is 35.5. The molecule has 3 rings (SSSR count). The van der Waals surface area contributed by atoms with Crippen LogP contribution in [-0.2, 0) is 0 Å². The largest absolute Gasteiger partial charge is 0.364 e. The lowest BCUT2D eigenvalue weighted by molar-refractivity contribution is 0.276. The maximum Gasteiger partial charge on any atom is 0.124 e. The summed E-state index contributed by atoms with van der Waals surface area (Å²) in [6.07, 6.45) is 5.06. The number of anilines is 1. The standard InChI is InChI=1S/C15H20ClFN2/c1-11-9-18-15(6-2-3-7-15)10-19(11)14-5-4-12(17)8-13(14)16/h4-5,8,11,18H,2-3,6-7,9-10H2,1H3. The highest BCUT2D eigenvalue weighted by molar-refractivity contribution is 6.33. The number of nitrogens with zero attached hydrogens (tertiary/aromatic N) is 1. The molecular weight excluding hydrogens is 263 g/mol. The molecule has 1 aromatic carbocycles. The zero-order valence-electron chi connectivity index (χ0n) is 11.3. The summed E-state index contributed by atoms with van der Waals surface area (Å²) in [5.41, 5.74) is 1.20. The van der Waals surface area contributed by atoms with Gasteiger partial charge in [0.1, 0.15) is 5.82 Å². The molecule has 0 bridgehead atoms. The fourth-order valence-electron chi connectivity index (χ4n) is 3.44. The molecular formula is C15H20ClFN2. The van der Waals surface area contributed by atoms with Gasteiger partial charge >= 0.3 is 0 Å². The maximum atomic E-state index is 13.2. The van der Waals surface area contributed by atoms with Crippen molar-refractivity contribution in [1.82, 2.24) is 5.32 Å². The van der Waals surface area contributed by atoms with E-state index in [0.29, 0.717) is 11.1 Å². The van der Waals surface area contributed by atoms with Crippen LogP contribution in [0.5, 0.6) is 0 Å². The van der Waals surface area contributed by atoms with Crippen LogP contribution in [0, 0.1) is 5.82 Å². The van der Waals surface area contributed by atoms with Crippen molar-refractivity contribution < 1.29 is 4.39 Å². The van der Waals surface area contributed by atoms with Gasteiger partial charge in [-0.25, -0.2) is 4.39 Å². The highest BCUT2D eigenvalue weighted by Crippen LogP contribution is 2.37. The van der Waals surface area contributed by atoms with E-state index in [9.17, 15) is 4.39 Å². The van der Waals surface area contributed by atoms with E-state index >= 15 is 0 Å². The van der Waals surface area contributed by atoms with Crippen LogP contribution in [-0.4, -0.2) is 24.7 Å². The monoisotopic (exact) mass is 282 g/mol. The maximum absolute atomic E-state index is 13.2. The molecule has 0 amide bonds. The molecule has 2 aliphatic rings. The summed E-state index contributed by atoms with van der Waals surface area (Å²) in [5, 5.41) is 4.23. The van der Waals surface area contributed by atoms with Gasteiger partial charge in [0, 0.05) is 24.7 Å². The summed E-state index contributed by atoms with van der Waals surface area (Å²) >= 11 is 6.22. The van der Waals surface area contributed by atoms with E-state index in [2.05, 4.69) is 17.1 Å². The fourth-order valence-corrected chi connectivity index (χ4v) is 3.71. The quantitative estimate of drug-likeness (QED) is 0.847. The lowest BCUT2D eigenvalue weighted by atomic mass is 9.92. The van der Waals surface area contributed by atoms with E-state index in [1.54, 1.807) is 0 Å². The van der Waals surface area contributed by atoms with Gasteiger partial charge in [-0.15, -0.1) is 0 Å². The van der Waals surface area contributed by atoms with Crippen molar-refractivity contribution >= 4 is 17.3 Å². The Labute approximate surface area is 118 Å². The Hall–Kier alpha value is -0.800. The van der Waals surface area contributed by atoms with Gasteiger partial charge in [0.2, 0.25) is 0 Å². The van der Waals surface area contributed by atoms with Crippen LogP contribution >= 0.6 is 11.6 Å². The molecule has 1 saturated heterocycles. The molecule has 1 aliphatic heterocycles. The van der Waals surface area contributed by atoms with Crippen LogP contribution < -0.4 is 10.2 Å². The van der Waals surface area contributed by atoms with Gasteiger partial charge in [0.05, 0.1) is 10.7 Å². The normalized spacial score (nSPS) is 26.1. The smallest absolute Gasteiger partial charge is 0.124 e. The molecule has 4 heteroatoms. The van der Waals surface area contributed by atoms with Crippen molar-refractivity contribution in [1.29, 1.82) is 0 Å². The van der Waals surface area contributed by atoms with Gasteiger partial charge in [0.15, 0.2) is 0 Å². The minimum absolute atomic E-state index is 0.240. The van der Waals surface area contributed by atoms with E-state index in [4.69, 9.17) is 11.6 Å². The van der Waals surface area contributed by atoms with E-state index in [-0.39, 0.29) is 11.4 Å². The van der Waals surface area contributed by atoms with E-state index in [1.807, 2.05) is 6.07 Å². The van der Waals surface area contributed by atoms with Crippen molar-refractivity contribution in [3.05, 3.63) is 29.0 Å². The Morgan fingerprint density at radius 3 is 2.79 bits per heavy atom. The Balaban J connectivity index is 1.89. The van der Waals surface area contributed by atoms with Gasteiger partial charge in [-0.2, -0.15) is 0 Å². The molecule has 2 fully saturated rings. The summed E-state index contributed by atoms with van der Waals surface area (Å²) in [7, 11) is 0. The Kier molecular flexibility index (Phi) is 3.44. The van der Waals surface area contributed by atoms with E-state index < -0.39 is 0 Å². The first-order chi connectivity index (χ1) is 9.10. The van der Waals surface area contributed by atoms with Crippen LogP contribution in [0.3, 0.4) is 0 Å². The first-order valence-electron chi connectivity index (χ1n) is 7.06. The second-order valence-corrected chi connectivity index (χ2v) is 6.35. The Morgan fingerprint density at radius 2 is 2.11 bits per heavy atom. The molecule has 2 nitrogen and oxygen atoms in total. The molecule has 1 spiro atoms. The van der Waals surface area contributed by atoms with Crippen LogP contribution in [0.15, 0.2) is 18.2 Å². The minimum atomic E-state index is -0.271. The lowest BCUT2D eigenvalue weighted by Gasteiger charge is -2.46. The second-order valence-electron chi connectivity index (χ2n) is 5.94. The first kappa shape index (κ1) is 13.2. The van der Waals surface area contributed by atoms with Crippen molar-refractivity contribution in [3.63, 3.8) is 0 Å². The molecule has 1 saturated carbocycles. The lowest BCUT2D eigenvalue weighted by Crippen LogP contribution is -2.62. The average molecular weight is 283 g/mol. The topological polar surface area (TPSA) is 15.3 Å². The number of hydrogen-bond donors (Lipinski definition) is 1. The molecule has 0 aromatic heterocycles. The van der Waals surface area contributed by atoms with Crippen molar-refractivity contribution in [3.8, 4) is 0 Å². The van der Waals surface area contributed by atoms with Crippen molar-refractivity contribution in [2.24, 2.45) is 0 Å². The minimum Gasteiger partial charge on any atom is -0.364 e. The molecule has 1 aromatic rings. The van der Waals surface area contributed by atoms with Gasteiger partial charge in [0.25, 0.3) is 0 Å². The van der Waals surface area contributed by atoms with E-state index in [0.717, 1.165) is 18.8 Å². The summed E-state index contributed by atoms with van der Waals surface area (Å²) in [6.45, 7) is 4.13. The fraction of sp³-hybridized carbons (Fsp3) is 0.600. The molecule has 104 valence electrons. The summed E-state index contributed by atoms with van der Waals surface area (Å²) in [5.74, 6) is -0.271. The zero-order chi connectivity index (χ0) is 13.5. The van der Waals surface area contributed by atoms with Crippen molar-refractivity contribution in [2.45, 2.75) is 44.2 Å². The number of piperazine rings is 1. The molecule has 19 heavy (non-hydrogen) atoms. The molecule has 1 N–H and O–H groups in total. The number of rotatable bonds is 1. The van der Waals surface area contributed by atoms with Crippen LogP contribution in [0.2, 0.25) is 5.02 Å². The van der Waals surface area contributed by atoms with E-state index in [1.165, 1.54) is 37.8 Å². The Bertz CT molecular complexity index is 471. The number of nitrogens with one attached hydrogen (secondary N) is 1. The molecule has 1 aliphatic carbocycles. The molecule has 1 unspecified atom stereocenters. The second kappa shape index (κ2) is 4.95. The van der Waals surface area contributed by atoms with Gasteiger partial charge in [-0.05, 0) is 38.0 Å².